The van der Waals surface area contributed by atoms with Crippen LogP contribution in [0.2, 0.25) is 0 Å². The number of aromatic amines is 1. The lowest BCUT2D eigenvalue weighted by molar-refractivity contribution is -0.118. The Morgan fingerprint density at radius 1 is 1.30 bits per heavy atom. The summed E-state index contributed by atoms with van der Waals surface area (Å²) in [7, 11) is 0. The van der Waals surface area contributed by atoms with Gasteiger partial charge < -0.3 is 10.6 Å². The molecule has 1 aromatic heterocycles. The van der Waals surface area contributed by atoms with Gasteiger partial charge in [-0.3, -0.25) is 19.1 Å². The van der Waals surface area contributed by atoms with Crippen LogP contribution in [0.25, 0.3) is 0 Å². The van der Waals surface area contributed by atoms with Crippen molar-refractivity contribution in [2.75, 3.05) is 22.9 Å². The molecule has 0 aliphatic heterocycles. The normalized spacial score (nSPS) is 11.1. The highest BCUT2D eigenvalue weighted by Crippen LogP contribution is 2.28. The Hall–Kier alpha value is -2.00. The number of halogens is 1. The lowest BCUT2D eigenvalue weighted by Crippen LogP contribution is -2.42. The lowest BCUT2D eigenvalue weighted by atomic mass is 10.2. The molecular formula is C21H29BrN4O3S. The van der Waals surface area contributed by atoms with E-state index in [0.717, 1.165) is 22.2 Å². The molecule has 0 unspecified atom stereocenters. The van der Waals surface area contributed by atoms with Crippen molar-refractivity contribution in [3.8, 4) is 0 Å². The summed E-state index contributed by atoms with van der Waals surface area (Å²) < 4.78 is 2.32. The van der Waals surface area contributed by atoms with E-state index < -0.39 is 11.2 Å². The van der Waals surface area contributed by atoms with Gasteiger partial charge in [-0.1, -0.05) is 39.3 Å². The van der Waals surface area contributed by atoms with Crippen LogP contribution in [0.4, 0.5) is 11.5 Å². The third-order valence-electron chi connectivity index (χ3n) is 4.48. The number of benzene rings is 1. The maximum Gasteiger partial charge on any atom is 0.330 e. The Morgan fingerprint density at radius 3 is 2.63 bits per heavy atom. The zero-order valence-electron chi connectivity index (χ0n) is 17.6. The van der Waals surface area contributed by atoms with Gasteiger partial charge in [0.25, 0.3) is 5.56 Å². The van der Waals surface area contributed by atoms with E-state index in [1.54, 1.807) is 11.8 Å². The Bertz CT molecular complexity index is 987. The van der Waals surface area contributed by atoms with Crippen molar-refractivity contribution >= 4 is 45.1 Å². The van der Waals surface area contributed by atoms with Crippen molar-refractivity contribution in [1.29, 1.82) is 0 Å². The number of anilines is 2. The number of carbonyl (C=O) groups is 1. The van der Waals surface area contributed by atoms with Gasteiger partial charge in [0, 0.05) is 34.6 Å². The summed E-state index contributed by atoms with van der Waals surface area (Å²) in [5.41, 5.74) is 5.11. The van der Waals surface area contributed by atoms with E-state index in [9.17, 15) is 14.4 Å². The fraction of sp³-hybridized carbons (Fsp3) is 0.476. The minimum absolute atomic E-state index is 0.0420. The number of unbranched alkanes of at least 4 members (excludes halogenated alkanes) is 1. The molecule has 2 aromatic rings. The summed E-state index contributed by atoms with van der Waals surface area (Å²) in [4.78, 5) is 42.7. The number of hydrogen-bond acceptors (Lipinski definition) is 5. The predicted octanol–water partition coefficient (Wildman–Crippen LogP) is 3.85. The van der Waals surface area contributed by atoms with Crippen molar-refractivity contribution in [2.24, 2.45) is 5.92 Å². The van der Waals surface area contributed by atoms with Crippen LogP contribution in [0.5, 0.6) is 0 Å². The van der Waals surface area contributed by atoms with Crippen molar-refractivity contribution in [1.82, 2.24) is 9.55 Å². The summed E-state index contributed by atoms with van der Waals surface area (Å²) in [6.07, 6.45) is 1.84. The molecule has 2 rings (SSSR count). The van der Waals surface area contributed by atoms with Crippen LogP contribution in [0.1, 0.15) is 40.0 Å². The van der Waals surface area contributed by atoms with E-state index >= 15 is 0 Å². The van der Waals surface area contributed by atoms with Crippen LogP contribution in [-0.2, 0) is 11.3 Å². The van der Waals surface area contributed by atoms with Gasteiger partial charge in [-0.15, -0.1) is 11.8 Å². The zero-order valence-corrected chi connectivity index (χ0v) is 20.0. The molecule has 164 valence electrons. The van der Waals surface area contributed by atoms with E-state index in [2.05, 4.69) is 20.9 Å². The number of hydrogen-bond donors (Lipinski definition) is 2. The summed E-state index contributed by atoms with van der Waals surface area (Å²) in [5.74, 6) is 0.577. The third-order valence-corrected chi connectivity index (χ3v) is 6.51. The van der Waals surface area contributed by atoms with E-state index in [-0.39, 0.29) is 29.8 Å². The quantitative estimate of drug-likeness (QED) is 0.486. The molecule has 0 aliphatic carbocycles. The second-order valence-electron chi connectivity index (χ2n) is 7.43. The molecule has 1 heterocycles. The summed E-state index contributed by atoms with van der Waals surface area (Å²) in [6, 6.07) is 7.82. The van der Waals surface area contributed by atoms with E-state index in [0.29, 0.717) is 18.8 Å². The minimum Gasteiger partial charge on any atom is -0.383 e. The van der Waals surface area contributed by atoms with Gasteiger partial charge in [0.05, 0.1) is 0 Å². The standard InChI is InChI=1S/C21H29BrN4O3S/c1-4-5-11-25(17(27)10-12-30-16-9-7-6-8-15(16)22)18-19(23)26(13-14(2)3)21(29)24-20(18)28/h6-9,14H,4-5,10-13,23H2,1-3H3,(H,24,28,29). The number of nitrogens with zero attached hydrogens (tertiary/aromatic N) is 2. The van der Waals surface area contributed by atoms with E-state index in [1.165, 1.54) is 9.47 Å². The molecule has 0 fully saturated rings. The Labute approximate surface area is 189 Å². The molecule has 0 aliphatic rings. The number of nitrogens with one attached hydrogen (secondary N) is 1. The molecule has 1 amide bonds. The smallest absolute Gasteiger partial charge is 0.330 e. The van der Waals surface area contributed by atoms with Crippen LogP contribution in [-0.4, -0.2) is 27.8 Å². The molecule has 0 atom stereocenters. The Kier molecular flexibility index (Phi) is 9.23. The maximum absolute atomic E-state index is 13.1. The second kappa shape index (κ2) is 11.4. The average Bonchev–Trinajstić information content (AvgIpc) is 2.68. The average molecular weight is 497 g/mol. The Balaban J connectivity index is 2.28. The number of nitrogen functional groups attached to an aromatic ring is 1. The first-order valence-electron chi connectivity index (χ1n) is 10.1. The number of H-pyrrole nitrogens is 1. The molecule has 0 saturated heterocycles. The van der Waals surface area contributed by atoms with Gasteiger partial charge in [0.15, 0.2) is 5.69 Å². The van der Waals surface area contributed by atoms with Gasteiger partial charge in [0.1, 0.15) is 5.82 Å². The van der Waals surface area contributed by atoms with Crippen LogP contribution >= 0.6 is 27.7 Å². The van der Waals surface area contributed by atoms with Gasteiger partial charge in [-0.2, -0.15) is 0 Å². The summed E-state index contributed by atoms with van der Waals surface area (Å²) in [6.45, 7) is 6.66. The zero-order chi connectivity index (χ0) is 22.3. The van der Waals surface area contributed by atoms with Crippen LogP contribution < -0.4 is 21.9 Å². The van der Waals surface area contributed by atoms with Crippen LogP contribution in [0.3, 0.4) is 0 Å². The van der Waals surface area contributed by atoms with Gasteiger partial charge >= 0.3 is 5.69 Å². The molecule has 0 radical (unpaired) electrons. The van der Waals surface area contributed by atoms with Crippen molar-refractivity contribution in [3.05, 3.63) is 49.6 Å². The highest BCUT2D eigenvalue weighted by atomic mass is 79.9. The molecule has 9 heteroatoms. The molecule has 1 aromatic carbocycles. The van der Waals surface area contributed by atoms with Crippen molar-refractivity contribution in [2.45, 2.75) is 51.5 Å². The van der Waals surface area contributed by atoms with Crippen LogP contribution in [0.15, 0.2) is 43.2 Å². The topological polar surface area (TPSA) is 101 Å². The lowest BCUT2D eigenvalue weighted by Gasteiger charge is -2.25. The Morgan fingerprint density at radius 2 is 2.00 bits per heavy atom. The first-order chi connectivity index (χ1) is 14.3. The van der Waals surface area contributed by atoms with Crippen LogP contribution in [0, 0.1) is 5.92 Å². The monoisotopic (exact) mass is 496 g/mol. The molecular weight excluding hydrogens is 468 g/mol. The van der Waals surface area contributed by atoms with Gasteiger partial charge in [-0.25, -0.2) is 4.79 Å². The van der Waals surface area contributed by atoms with Gasteiger partial charge in [0.2, 0.25) is 5.91 Å². The highest BCUT2D eigenvalue weighted by Gasteiger charge is 2.24. The minimum atomic E-state index is -0.625. The number of thioether (sulfide) groups is 1. The maximum atomic E-state index is 13.1. The first-order valence-corrected chi connectivity index (χ1v) is 11.8. The van der Waals surface area contributed by atoms with E-state index in [4.69, 9.17) is 5.73 Å². The van der Waals surface area contributed by atoms with Crippen molar-refractivity contribution in [3.63, 3.8) is 0 Å². The molecule has 0 bridgehead atoms. The number of carbonyl (C=O) groups excluding carboxylic acids is 1. The molecule has 30 heavy (non-hydrogen) atoms. The largest absolute Gasteiger partial charge is 0.383 e. The molecule has 7 nitrogen and oxygen atoms in total. The highest BCUT2D eigenvalue weighted by molar-refractivity contribution is 9.10. The number of nitrogens with two attached hydrogens (primary N) is 1. The third kappa shape index (κ3) is 6.25. The fourth-order valence-electron chi connectivity index (χ4n) is 3.01. The number of amides is 1. The second-order valence-corrected chi connectivity index (χ2v) is 9.42. The fourth-order valence-corrected chi connectivity index (χ4v) is 4.51. The molecule has 3 N–H and O–H groups in total. The number of aromatic nitrogens is 2. The first kappa shape index (κ1) is 24.3. The van der Waals surface area contributed by atoms with Crippen molar-refractivity contribution < 1.29 is 4.79 Å². The molecule has 0 saturated carbocycles. The molecule has 0 spiro atoms. The van der Waals surface area contributed by atoms with E-state index in [1.807, 2.05) is 45.0 Å². The number of rotatable bonds is 10. The summed E-state index contributed by atoms with van der Waals surface area (Å²) >= 11 is 5.07. The summed E-state index contributed by atoms with van der Waals surface area (Å²) in [5, 5.41) is 0. The SMILES string of the molecule is CCCCN(C(=O)CCSc1ccccc1Br)c1c(N)n(CC(C)C)c(=O)[nH]c1=O. The van der Waals surface area contributed by atoms with Gasteiger partial charge in [-0.05, 0) is 40.4 Å². The predicted molar refractivity (Wildman–Crippen MR) is 127 cm³/mol.